The van der Waals surface area contributed by atoms with Gasteiger partial charge in [-0.25, -0.2) is 0 Å². The highest BCUT2D eigenvalue weighted by molar-refractivity contribution is 7.13. The lowest BCUT2D eigenvalue weighted by Gasteiger charge is -2.18. The maximum Gasteiger partial charge on any atom is 0.267 e. The van der Waals surface area contributed by atoms with Crippen LogP contribution in [0.5, 0.6) is 0 Å². The minimum Gasteiger partial charge on any atom is -0.385 e. The molecule has 6 heteroatoms. The summed E-state index contributed by atoms with van der Waals surface area (Å²) in [4.78, 5) is 12.8. The molecule has 0 radical (unpaired) electrons. The summed E-state index contributed by atoms with van der Waals surface area (Å²) in [5.41, 5.74) is 4.18. The van der Waals surface area contributed by atoms with Gasteiger partial charge in [0.05, 0.1) is 5.02 Å². The highest BCUT2D eigenvalue weighted by Crippen LogP contribution is 2.29. The fourth-order valence-corrected chi connectivity index (χ4v) is 3.50. The Balaban J connectivity index is 0.00000161. The van der Waals surface area contributed by atoms with E-state index in [4.69, 9.17) is 11.6 Å². The van der Waals surface area contributed by atoms with Crippen LogP contribution in [0.4, 0.5) is 11.4 Å². The first-order chi connectivity index (χ1) is 9.65. The van der Waals surface area contributed by atoms with Gasteiger partial charge in [0.15, 0.2) is 0 Å². The highest BCUT2D eigenvalue weighted by Gasteiger charge is 2.16. The maximum atomic E-state index is 12.2. The molecule has 2 N–H and O–H groups in total. The Morgan fingerprint density at radius 2 is 2.24 bits per heavy atom. The Morgan fingerprint density at radius 3 is 2.95 bits per heavy atom. The molecular formula is C15H16Cl2N2OS. The Bertz CT molecular complexity index is 670. The van der Waals surface area contributed by atoms with Crippen molar-refractivity contribution in [2.45, 2.75) is 19.8 Å². The van der Waals surface area contributed by atoms with Crippen LogP contribution in [0, 0.1) is 6.92 Å². The number of nitrogens with one attached hydrogen (secondary N) is 2. The first-order valence-electron chi connectivity index (χ1n) is 6.57. The van der Waals surface area contributed by atoms with E-state index in [1.165, 1.54) is 22.6 Å². The third-order valence-electron chi connectivity index (χ3n) is 3.41. The van der Waals surface area contributed by atoms with E-state index >= 15 is 0 Å². The zero-order chi connectivity index (χ0) is 14.1. The average Bonchev–Trinajstić information content (AvgIpc) is 2.79. The molecule has 0 atom stereocenters. The first-order valence-corrected chi connectivity index (χ1v) is 7.82. The Morgan fingerprint density at radius 1 is 1.43 bits per heavy atom. The van der Waals surface area contributed by atoms with Gasteiger partial charge in [-0.3, -0.25) is 4.79 Å². The summed E-state index contributed by atoms with van der Waals surface area (Å²) in [7, 11) is 0. The van der Waals surface area contributed by atoms with Crippen LogP contribution in [0.3, 0.4) is 0 Å². The topological polar surface area (TPSA) is 41.1 Å². The molecular weight excluding hydrogens is 327 g/mol. The summed E-state index contributed by atoms with van der Waals surface area (Å²) in [6.07, 6.45) is 2.17. The van der Waals surface area contributed by atoms with Gasteiger partial charge in [-0.2, -0.15) is 0 Å². The van der Waals surface area contributed by atoms with E-state index in [2.05, 4.69) is 10.6 Å². The van der Waals surface area contributed by atoms with Crippen LogP contribution in [0.1, 0.15) is 27.2 Å². The zero-order valence-corrected chi connectivity index (χ0v) is 13.9. The average molecular weight is 343 g/mol. The molecule has 1 aliphatic heterocycles. The molecule has 0 aliphatic carbocycles. The van der Waals surface area contributed by atoms with Crippen LogP contribution in [0.2, 0.25) is 5.02 Å². The van der Waals surface area contributed by atoms with E-state index in [-0.39, 0.29) is 18.3 Å². The third kappa shape index (κ3) is 3.34. The monoisotopic (exact) mass is 342 g/mol. The molecule has 1 aromatic heterocycles. The number of hydrogen-bond donors (Lipinski definition) is 2. The number of halogens is 2. The zero-order valence-electron chi connectivity index (χ0n) is 11.5. The molecule has 0 bridgehead atoms. The molecule has 2 aromatic rings. The standard InChI is InChI=1S/C15H15ClN2OS.ClH/c1-9-8-20-14(13(9)16)15(19)18-11-4-5-12-10(7-11)3-2-6-17-12;/h4-5,7-8,17H,2-3,6H2,1H3,(H,18,19);1H. The van der Waals surface area contributed by atoms with Crippen LogP contribution in [0.15, 0.2) is 23.6 Å². The predicted octanol–water partition coefficient (Wildman–Crippen LogP) is 4.74. The molecule has 1 aromatic carbocycles. The molecule has 1 aliphatic rings. The summed E-state index contributed by atoms with van der Waals surface area (Å²) in [5, 5.41) is 8.72. The third-order valence-corrected chi connectivity index (χ3v) is 5.10. The Labute approximate surface area is 139 Å². The van der Waals surface area contributed by atoms with Crippen molar-refractivity contribution in [3.63, 3.8) is 0 Å². The van der Waals surface area contributed by atoms with E-state index in [0.29, 0.717) is 9.90 Å². The number of fused-ring (bicyclic) bond motifs is 1. The van der Waals surface area contributed by atoms with E-state index in [0.717, 1.165) is 30.6 Å². The summed E-state index contributed by atoms with van der Waals surface area (Å²) in [6, 6.07) is 5.97. The molecule has 0 unspecified atom stereocenters. The molecule has 3 rings (SSSR count). The minimum absolute atomic E-state index is 0. The van der Waals surface area contributed by atoms with Crippen molar-refractivity contribution in [2.75, 3.05) is 17.2 Å². The number of amides is 1. The van der Waals surface area contributed by atoms with Crippen molar-refractivity contribution in [3.8, 4) is 0 Å². The summed E-state index contributed by atoms with van der Waals surface area (Å²) in [5.74, 6) is -0.142. The van der Waals surface area contributed by atoms with Crippen LogP contribution in [-0.2, 0) is 6.42 Å². The van der Waals surface area contributed by atoms with Crippen molar-refractivity contribution in [1.29, 1.82) is 0 Å². The van der Waals surface area contributed by atoms with Crippen LogP contribution in [0.25, 0.3) is 0 Å². The number of rotatable bonds is 2. The van der Waals surface area contributed by atoms with Gasteiger partial charge in [-0.15, -0.1) is 23.7 Å². The Kier molecular flexibility index (Phi) is 5.14. The normalized spacial score (nSPS) is 12.9. The van der Waals surface area contributed by atoms with E-state index in [1.807, 2.05) is 30.5 Å². The summed E-state index contributed by atoms with van der Waals surface area (Å²) in [6.45, 7) is 2.92. The highest BCUT2D eigenvalue weighted by atomic mass is 35.5. The van der Waals surface area contributed by atoms with E-state index < -0.39 is 0 Å². The van der Waals surface area contributed by atoms with Crippen molar-refractivity contribution < 1.29 is 4.79 Å². The van der Waals surface area contributed by atoms with Crippen LogP contribution < -0.4 is 10.6 Å². The fraction of sp³-hybridized carbons (Fsp3) is 0.267. The number of hydrogen-bond acceptors (Lipinski definition) is 3. The number of carbonyl (C=O) groups excluding carboxylic acids is 1. The lowest BCUT2D eigenvalue weighted by Crippen LogP contribution is -2.14. The van der Waals surface area contributed by atoms with Crippen molar-refractivity contribution in [1.82, 2.24) is 0 Å². The number of aryl methyl sites for hydroxylation is 2. The second-order valence-electron chi connectivity index (χ2n) is 4.92. The number of anilines is 2. The molecule has 0 fully saturated rings. The number of benzene rings is 1. The second kappa shape index (κ2) is 6.69. The molecule has 0 spiro atoms. The molecule has 3 nitrogen and oxygen atoms in total. The SMILES string of the molecule is Cc1csc(C(=O)Nc2ccc3c(c2)CCCN3)c1Cl.Cl. The summed E-state index contributed by atoms with van der Waals surface area (Å²) < 4.78 is 0. The Hall–Kier alpha value is -1.23. The number of carbonyl (C=O) groups is 1. The minimum atomic E-state index is -0.142. The van der Waals surface area contributed by atoms with Crippen molar-refractivity contribution >= 4 is 52.6 Å². The number of thiophene rings is 1. The van der Waals surface area contributed by atoms with Crippen LogP contribution in [-0.4, -0.2) is 12.5 Å². The predicted molar refractivity (Wildman–Crippen MR) is 92.5 cm³/mol. The van der Waals surface area contributed by atoms with E-state index in [9.17, 15) is 4.79 Å². The van der Waals surface area contributed by atoms with Gasteiger partial charge in [-0.05, 0) is 54.5 Å². The van der Waals surface area contributed by atoms with Gasteiger partial charge in [0.25, 0.3) is 5.91 Å². The van der Waals surface area contributed by atoms with Gasteiger partial charge in [-0.1, -0.05) is 11.6 Å². The lowest BCUT2D eigenvalue weighted by atomic mass is 10.0. The van der Waals surface area contributed by atoms with Gasteiger partial charge in [0, 0.05) is 17.9 Å². The molecule has 1 amide bonds. The second-order valence-corrected chi connectivity index (χ2v) is 6.18. The molecule has 2 heterocycles. The molecule has 0 saturated carbocycles. The van der Waals surface area contributed by atoms with Crippen molar-refractivity contribution in [3.05, 3.63) is 44.6 Å². The van der Waals surface area contributed by atoms with Crippen molar-refractivity contribution in [2.24, 2.45) is 0 Å². The molecule has 112 valence electrons. The molecule has 0 saturated heterocycles. The van der Waals surface area contributed by atoms with Crippen LogP contribution >= 0.6 is 35.3 Å². The largest absolute Gasteiger partial charge is 0.385 e. The van der Waals surface area contributed by atoms with E-state index in [1.54, 1.807) is 0 Å². The van der Waals surface area contributed by atoms with Gasteiger partial charge in [0.2, 0.25) is 0 Å². The van der Waals surface area contributed by atoms with Gasteiger partial charge in [0.1, 0.15) is 4.88 Å². The molecule has 21 heavy (non-hydrogen) atoms. The summed E-state index contributed by atoms with van der Waals surface area (Å²) >= 11 is 7.50. The smallest absolute Gasteiger partial charge is 0.267 e. The lowest BCUT2D eigenvalue weighted by molar-refractivity contribution is 0.103. The van der Waals surface area contributed by atoms with Gasteiger partial charge < -0.3 is 10.6 Å². The fourth-order valence-electron chi connectivity index (χ4n) is 2.32. The first kappa shape index (κ1) is 16.1. The quantitative estimate of drug-likeness (QED) is 0.827. The maximum absolute atomic E-state index is 12.2. The van der Waals surface area contributed by atoms with Gasteiger partial charge >= 0.3 is 0 Å².